The van der Waals surface area contributed by atoms with Gasteiger partial charge in [-0.1, -0.05) is 26.9 Å². The Balaban J connectivity index is 3.60. The maximum Gasteiger partial charge on any atom is 0.305 e. The van der Waals surface area contributed by atoms with Crippen LogP contribution in [0.1, 0.15) is 26.7 Å². The van der Waals surface area contributed by atoms with Crippen LogP contribution in [0.25, 0.3) is 0 Å². The fourth-order valence-electron chi connectivity index (χ4n) is 0.795. The smallest absolute Gasteiger partial charge is 0.305 e. The Hall–Kier alpha value is -0.0231. The molecule has 0 saturated carbocycles. The van der Waals surface area contributed by atoms with Gasteiger partial charge in [0.25, 0.3) is 0 Å². The molecule has 0 aromatic rings. The molecule has 1 unspecified atom stereocenters. The van der Waals surface area contributed by atoms with Crippen molar-refractivity contribution in [3.63, 3.8) is 0 Å². The first kappa shape index (κ1) is 13.0. The van der Waals surface area contributed by atoms with Crippen molar-refractivity contribution in [1.29, 1.82) is 0 Å². The van der Waals surface area contributed by atoms with Crippen molar-refractivity contribution in [1.82, 2.24) is 0 Å². The van der Waals surface area contributed by atoms with E-state index in [0.29, 0.717) is 18.6 Å². The first-order chi connectivity index (χ1) is 5.88. The van der Waals surface area contributed by atoms with Gasteiger partial charge in [-0.25, -0.2) is 0 Å². The van der Waals surface area contributed by atoms with Gasteiger partial charge in [0.15, 0.2) is 7.38 Å². The van der Waals surface area contributed by atoms with Gasteiger partial charge in [-0.2, -0.15) is 11.1 Å². The van der Waals surface area contributed by atoms with Crippen molar-refractivity contribution in [2.75, 3.05) is 6.61 Å². The Morgan fingerprint density at radius 2 is 2.08 bits per heavy atom. The molecule has 1 atom stereocenters. The number of rotatable bonds is 5. The number of esters is 1. The molecule has 0 N–H and O–H groups in total. The highest BCUT2D eigenvalue weighted by molar-refractivity contribution is 7.19. The van der Waals surface area contributed by atoms with E-state index in [1.165, 1.54) is 0 Å². The fourth-order valence-corrected chi connectivity index (χ4v) is 1.93. The van der Waals surface area contributed by atoms with E-state index in [-0.39, 0.29) is 5.97 Å². The summed E-state index contributed by atoms with van der Waals surface area (Å²) in [6, 6.07) is 0. The van der Waals surface area contributed by atoms with Crippen molar-refractivity contribution in [3.05, 3.63) is 0 Å². The minimum absolute atomic E-state index is 0.124. The zero-order chi connectivity index (χ0) is 10.5. The zero-order valence-electron chi connectivity index (χ0n) is 8.89. The van der Waals surface area contributed by atoms with Crippen LogP contribution < -0.4 is 0 Å². The fraction of sp³-hybridized carbons (Fsp3) is 0.889. The second kappa shape index (κ2) is 5.65. The van der Waals surface area contributed by atoms with E-state index in [2.05, 4.69) is 20.0 Å². The van der Waals surface area contributed by atoms with Crippen LogP contribution in [-0.2, 0) is 9.53 Å². The topological polar surface area (TPSA) is 26.3 Å². The molecular formula is C9H19ClO2Si. The molecule has 0 rings (SSSR count). The second-order valence-electron chi connectivity index (χ2n) is 3.83. The molecule has 0 heterocycles. The Bertz CT molecular complexity index is 165. The lowest BCUT2D eigenvalue weighted by Crippen LogP contribution is -2.24. The summed E-state index contributed by atoms with van der Waals surface area (Å²) in [5.74, 6) is -0.124. The molecule has 0 aromatic heterocycles. The molecule has 0 aliphatic rings. The Labute approximate surface area is 86.3 Å². The van der Waals surface area contributed by atoms with E-state index in [4.69, 9.17) is 15.8 Å². The van der Waals surface area contributed by atoms with E-state index in [0.717, 1.165) is 6.42 Å². The molecule has 0 amide bonds. The van der Waals surface area contributed by atoms with Crippen molar-refractivity contribution in [2.45, 2.75) is 45.3 Å². The van der Waals surface area contributed by atoms with Crippen molar-refractivity contribution < 1.29 is 9.53 Å². The molecule has 0 aliphatic heterocycles. The van der Waals surface area contributed by atoms with Crippen molar-refractivity contribution >= 4 is 24.4 Å². The van der Waals surface area contributed by atoms with Gasteiger partial charge < -0.3 is 4.74 Å². The highest BCUT2D eigenvalue weighted by Gasteiger charge is 2.25. The average molecular weight is 223 g/mol. The molecule has 0 aliphatic carbocycles. The van der Waals surface area contributed by atoms with Gasteiger partial charge in [0.1, 0.15) is 0 Å². The van der Waals surface area contributed by atoms with Gasteiger partial charge in [-0.05, 0) is 12.0 Å². The molecule has 0 bridgehead atoms. The van der Waals surface area contributed by atoms with E-state index in [1.54, 1.807) is 6.92 Å². The standard InChI is InChI=1S/C9H19ClO2Si/c1-5-9(11)12-7-6-8(2)13(3,4)10/h8H,5-7H2,1-4H3. The van der Waals surface area contributed by atoms with Crippen LogP contribution in [0.3, 0.4) is 0 Å². The number of carbonyl (C=O) groups is 1. The molecule has 13 heavy (non-hydrogen) atoms. The van der Waals surface area contributed by atoms with Crippen LogP contribution in [0.15, 0.2) is 0 Å². The predicted molar refractivity (Wildman–Crippen MR) is 58.6 cm³/mol. The van der Waals surface area contributed by atoms with Crippen LogP contribution in [-0.4, -0.2) is 20.0 Å². The molecule has 4 heteroatoms. The van der Waals surface area contributed by atoms with Gasteiger partial charge in [-0.3, -0.25) is 4.79 Å². The molecule has 0 spiro atoms. The van der Waals surface area contributed by atoms with Gasteiger partial charge in [0, 0.05) is 6.42 Å². The summed E-state index contributed by atoms with van der Waals surface area (Å²) >= 11 is 6.23. The molecule has 0 aromatic carbocycles. The summed E-state index contributed by atoms with van der Waals surface area (Å²) in [6.07, 6.45) is 1.34. The summed E-state index contributed by atoms with van der Waals surface area (Å²) in [5.41, 5.74) is 0.485. The normalized spacial score (nSPS) is 13.9. The van der Waals surface area contributed by atoms with Crippen LogP contribution in [0.2, 0.25) is 18.6 Å². The van der Waals surface area contributed by atoms with Crippen molar-refractivity contribution in [3.8, 4) is 0 Å². The summed E-state index contributed by atoms with van der Waals surface area (Å²) in [5, 5.41) is 0. The Kier molecular flexibility index (Phi) is 5.64. The number of carbonyl (C=O) groups excluding carboxylic acids is 1. The number of hydrogen-bond donors (Lipinski definition) is 0. The molecule has 0 saturated heterocycles. The molecule has 0 fully saturated rings. The second-order valence-corrected chi connectivity index (χ2v) is 10.9. The summed E-state index contributed by atoms with van der Waals surface area (Å²) in [6.45, 7) is 8.66. The zero-order valence-corrected chi connectivity index (χ0v) is 10.6. The molecule has 0 radical (unpaired) electrons. The van der Waals surface area contributed by atoms with Gasteiger partial charge in [-0.15, -0.1) is 0 Å². The average Bonchev–Trinajstić information content (AvgIpc) is 2.02. The van der Waals surface area contributed by atoms with Crippen molar-refractivity contribution in [2.24, 2.45) is 0 Å². The molecule has 78 valence electrons. The summed E-state index contributed by atoms with van der Waals surface area (Å²) < 4.78 is 4.98. The Morgan fingerprint density at radius 3 is 2.46 bits per heavy atom. The summed E-state index contributed by atoms with van der Waals surface area (Å²) in [4.78, 5) is 10.8. The predicted octanol–water partition coefficient (Wildman–Crippen LogP) is 3.16. The van der Waals surface area contributed by atoms with Crippen LogP contribution in [0.4, 0.5) is 0 Å². The van der Waals surface area contributed by atoms with E-state index < -0.39 is 7.38 Å². The van der Waals surface area contributed by atoms with Crippen LogP contribution >= 0.6 is 11.1 Å². The highest BCUT2D eigenvalue weighted by atomic mass is 35.6. The minimum Gasteiger partial charge on any atom is -0.466 e. The van der Waals surface area contributed by atoms with Crippen LogP contribution in [0.5, 0.6) is 0 Å². The Morgan fingerprint density at radius 1 is 1.54 bits per heavy atom. The first-order valence-electron chi connectivity index (χ1n) is 4.72. The number of halogens is 1. The third kappa shape index (κ3) is 6.10. The summed E-state index contributed by atoms with van der Waals surface area (Å²) in [7, 11) is -1.56. The largest absolute Gasteiger partial charge is 0.466 e. The van der Waals surface area contributed by atoms with E-state index in [1.807, 2.05) is 0 Å². The molecular weight excluding hydrogens is 204 g/mol. The quantitative estimate of drug-likeness (QED) is 0.406. The third-order valence-corrected chi connectivity index (χ3v) is 6.02. The monoisotopic (exact) mass is 222 g/mol. The molecule has 2 nitrogen and oxygen atoms in total. The van der Waals surface area contributed by atoms with E-state index in [9.17, 15) is 4.79 Å². The lowest BCUT2D eigenvalue weighted by molar-refractivity contribution is -0.143. The van der Waals surface area contributed by atoms with Gasteiger partial charge in [0.05, 0.1) is 6.61 Å². The highest BCUT2D eigenvalue weighted by Crippen LogP contribution is 2.27. The van der Waals surface area contributed by atoms with Crippen LogP contribution in [0, 0.1) is 0 Å². The maximum atomic E-state index is 10.8. The number of hydrogen-bond acceptors (Lipinski definition) is 2. The third-order valence-electron chi connectivity index (χ3n) is 2.27. The van der Waals surface area contributed by atoms with Gasteiger partial charge >= 0.3 is 5.97 Å². The van der Waals surface area contributed by atoms with E-state index >= 15 is 0 Å². The van der Waals surface area contributed by atoms with Gasteiger partial charge in [0.2, 0.25) is 0 Å². The minimum atomic E-state index is -1.56. The SMILES string of the molecule is CCC(=O)OCCC(C)[Si](C)(C)Cl. The first-order valence-corrected chi connectivity index (χ1v) is 8.81. The lowest BCUT2D eigenvalue weighted by atomic mass is 10.3. The number of ether oxygens (including phenoxy) is 1. The maximum absolute atomic E-state index is 10.8. The lowest BCUT2D eigenvalue weighted by Gasteiger charge is -2.21.